The summed E-state index contributed by atoms with van der Waals surface area (Å²) in [6.45, 7) is 0. The number of methoxy groups -OCH3 is 1. The van der Waals surface area contributed by atoms with Gasteiger partial charge in [0.15, 0.2) is 0 Å². The van der Waals surface area contributed by atoms with Crippen LogP contribution >= 0.6 is 0 Å². The molecule has 2 aromatic carbocycles. The van der Waals surface area contributed by atoms with Crippen LogP contribution < -0.4 is 10.3 Å². The molecule has 31 heavy (non-hydrogen) atoms. The zero-order valence-electron chi connectivity index (χ0n) is 17.3. The highest BCUT2D eigenvalue weighted by molar-refractivity contribution is 5.88. The third-order valence-corrected chi connectivity index (χ3v) is 5.98. The molecular formula is C24H21N5O2. The van der Waals surface area contributed by atoms with Crippen molar-refractivity contribution in [3.63, 3.8) is 0 Å². The number of hydrogen-bond acceptors (Lipinski definition) is 4. The number of H-pyrrole nitrogens is 1. The molecule has 0 unspecified atom stereocenters. The second-order valence-electron chi connectivity index (χ2n) is 8.12. The van der Waals surface area contributed by atoms with E-state index in [1.54, 1.807) is 16.4 Å². The van der Waals surface area contributed by atoms with E-state index in [2.05, 4.69) is 15.3 Å². The SMILES string of the molecule is COc1ccc(-n2c(=O)c(-c3ccc4nn(C)cc4c3)cc3n[nH]c(C4CC4)c32)cc1. The van der Waals surface area contributed by atoms with Crippen molar-refractivity contribution in [1.29, 1.82) is 0 Å². The van der Waals surface area contributed by atoms with Gasteiger partial charge in [0.05, 0.1) is 23.8 Å². The van der Waals surface area contributed by atoms with E-state index in [0.717, 1.165) is 57.5 Å². The number of nitrogens with zero attached hydrogens (tertiary/aromatic N) is 4. The molecule has 7 nitrogen and oxygen atoms in total. The van der Waals surface area contributed by atoms with Gasteiger partial charge in [-0.1, -0.05) is 6.07 Å². The fraction of sp³-hybridized carbons (Fsp3) is 0.208. The molecule has 1 aliphatic rings. The predicted molar refractivity (Wildman–Crippen MR) is 120 cm³/mol. The number of aromatic amines is 1. The molecule has 6 rings (SSSR count). The smallest absolute Gasteiger partial charge is 0.263 e. The van der Waals surface area contributed by atoms with Crippen molar-refractivity contribution in [3.05, 3.63) is 70.8 Å². The van der Waals surface area contributed by atoms with Crippen molar-refractivity contribution < 1.29 is 4.74 Å². The summed E-state index contributed by atoms with van der Waals surface area (Å²) in [6.07, 6.45) is 4.19. The Morgan fingerprint density at radius 3 is 2.61 bits per heavy atom. The molecule has 0 atom stereocenters. The van der Waals surface area contributed by atoms with E-state index in [1.807, 2.05) is 61.8 Å². The molecule has 7 heteroatoms. The standard InChI is InChI=1S/C24H21N5O2/c1-28-13-16-11-15(5-10-20(16)27-28)19-12-21-23(22(26-25-21)14-3-4-14)29(24(19)30)17-6-8-18(31-2)9-7-17/h5-14H,3-4H2,1-2H3,(H,25,26). The van der Waals surface area contributed by atoms with Gasteiger partial charge in [-0.15, -0.1) is 0 Å². The zero-order valence-corrected chi connectivity index (χ0v) is 17.3. The Morgan fingerprint density at radius 2 is 1.87 bits per heavy atom. The third-order valence-electron chi connectivity index (χ3n) is 5.98. The van der Waals surface area contributed by atoms with E-state index in [9.17, 15) is 4.79 Å². The molecular weight excluding hydrogens is 390 g/mol. The number of rotatable bonds is 4. The van der Waals surface area contributed by atoms with E-state index >= 15 is 0 Å². The summed E-state index contributed by atoms with van der Waals surface area (Å²) in [5.41, 5.74) is 5.79. The molecule has 0 aliphatic heterocycles. The Kier molecular flexibility index (Phi) is 3.80. The van der Waals surface area contributed by atoms with Crippen LogP contribution in [0.15, 0.2) is 59.5 Å². The Hall–Kier alpha value is -3.87. The minimum atomic E-state index is -0.0655. The van der Waals surface area contributed by atoms with Gasteiger partial charge in [0, 0.05) is 35.8 Å². The number of hydrogen-bond donors (Lipinski definition) is 1. The van der Waals surface area contributed by atoms with Gasteiger partial charge in [-0.05, 0) is 60.9 Å². The van der Waals surface area contributed by atoms with E-state index in [-0.39, 0.29) is 5.56 Å². The Labute approximate surface area is 177 Å². The maximum absolute atomic E-state index is 13.8. The van der Waals surface area contributed by atoms with E-state index < -0.39 is 0 Å². The average Bonchev–Trinajstić information content (AvgIpc) is 3.43. The maximum Gasteiger partial charge on any atom is 0.263 e. The minimum Gasteiger partial charge on any atom is -0.497 e. The monoisotopic (exact) mass is 411 g/mol. The lowest BCUT2D eigenvalue weighted by atomic mass is 10.0. The van der Waals surface area contributed by atoms with E-state index in [0.29, 0.717) is 11.5 Å². The van der Waals surface area contributed by atoms with Gasteiger partial charge in [-0.3, -0.25) is 19.1 Å². The van der Waals surface area contributed by atoms with Gasteiger partial charge in [0.25, 0.3) is 5.56 Å². The van der Waals surface area contributed by atoms with Gasteiger partial charge in [-0.25, -0.2) is 0 Å². The van der Waals surface area contributed by atoms with Crippen LogP contribution in [0.25, 0.3) is 38.8 Å². The number of aromatic nitrogens is 5. The fourth-order valence-electron chi connectivity index (χ4n) is 4.28. The average molecular weight is 411 g/mol. The molecule has 3 heterocycles. The van der Waals surface area contributed by atoms with Crippen LogP contribution in [0.3, 0.4) is 0 Å². The number of pyridine rings is 1. The molecule has 1 saturated carbocycles. The largest absolute Gasteiger partial charge is 0.497 e. The lowest BCUT2D eigenvalue weighted by Gasteiger charge is -2.12. The molecule has 1 aliphatic carbocycles. The number of nitrogens with one attached hydrogen (secondary N) is 1. The lowest BCUT2D eigenvalue weighted by Crippen LogP contribution is -2.21. The summed E-state index contributed by atoms with van der Waals surface area (Å²) >= 11 is 0. The van der Waals surface area contributed by atoms with Gasteiger partial charge >= 0.3 is 0 Å². The molecule has 0 saturated heterocycles. The molecule has 3 aromatic heterocycles. The third kappa shape index (κ3) is 2.84. The first kappa shape index (κ1) is 17.9. The Bertz CT molecular complexity index is 1500. The lowest BCUT2D eigenvalue weighted by molar-refractivity contribution is 0.415. The van der Waals surface area contributed by atoms with Crippen molar-refractivity contribution >= 4 is 21.9 Å². The number of ether oxygens (including phenoxy) is 1. The highest BCUT2D eigenvalue weighted by Gasteiger charge is 2.30. The first-order valence-electron chi connectivity index (χ1n) is 10.3. The summed E-state index contributed by atoms with van der Waals surface area (Å²) in [5.74, 6) is 1.19. The summed E-state index contributed by atoms with van der Waals surface area (Å²) < 4.78 is 8.87. The van der Waals surface area contributed by atoms with Gasteiger partial charge in [0.1, 0.15) is 11.3 Å². The van der Waals surface area contributed by atoms with Gasteiger partial charge in [-0.2, -0.15) is 10.2 Å². The highest BCUT2D eigenvalue weighted by Crippen LogP contribution is 2.42. The van der Waals surface area contributed by atoms with E-state index in [4.69, 9.17) is 4.74 Å². The Morgan fingerprint density at radius 1 is 1.06 bits per heavy atom. The second kappa shape index (κ2) is 6.57. The van der Waals surface area contributed by atoms with Crippen LogP contribution in [0, 0.1) is 0 Å². The molecule has 0 bridgehead atoms. The van der Waals surface area contributed by atoms with Crippen molar-refractivity contribution in [2.24, 2.45) is 7.05 Å². The normalized spacial score (nSPS) is 13.9. The van der Waals surface area contributed by atoms with Crippen molar-refractivity contribution in [1.82, 2.24) is 24.5 Å². The second-order valence-corrected chi connectivity index (χ2v) is 8.12. The zero-order chi connectivity index (χ0) is 21.1. The first-order valence-corrected chi connectivity index (χ1v) is 10.3. The minimum absolute atomic E-state index is 0.0655. The molecule has 0 radical (unpaired) electrons. The molecule has 1 N–H and O–H groups in total. The summed E-state index contributed by atoms with van der Waals surface area (Å²) in [4.78, 5) is 13.8. The predicted octanol–water partition coefficient (Wildman–Crippen LogP) is 4.15. The molecule has 0 spiro atoms. The Balaban J connectivity index is 1.64. The van der Waals surface area contributed by atoms with Crippen molar-refractivity contribution in [2.45, 2.75) is 18.8 Å². The maximum atomic E-state index is 13.8. The van der Waals surface area contributed by atoms with Gasteiger partial charge in [0.2, 0.25) is 0 Å². The topological polar surface area (TPSA) is 77.7 Å². The molecule has 5 aromatic rings. The van der Waals surface area contributed by atoms with Crippen LogP contribution in [0.1, 0.15) is 24.5 Å². The number of benzene rings is 2. The highest BCUT2D eigenvalue weighted by atomic mass is 16.5. The van der Waals surface area contributed by atoms with Crippen molar-refractivity contribution in [3.8, 4) is 22.6 Å². The van der Waals surface area contributed by atoms with E-state index in [1.165, 1.54) is 0 Å². The molecule has 154 valence electrons. The summed E-state index contributed by atoms with van der Waals surface area (Å²) in [5, 5.41) is 13.2. The van der Waals surface area contributed by atoms with Crippen LogP contribution in [-0.4, -0.2) is 31.7 Å². The summed E-state index contributed by atoms with van der Waals surface area (Å²) in [7, 11) is 3.53. The van der Waals surface area contributed by atoms with Crippen LogP contribution in [-0.2, 0) is 7.05 Å². The molecule has 0 amide bonds. The van der Waals surface area contributed by atoms with Crippen LogP contribution in [0.4, 0.5) is 0 Å². The van der Waals surface area contributed by atoms with Crippen LogP contribution in [0.5, 0.6) is 5.75 Å². The number of fused-ring (bicyclic) bond motifs is 2. The number of aryl methyl sites for hydroxylation is 1. The first-order chi connectivity index (χ1) is 15.1. The van der Waals surface area contributed by atoms with Crippen LogP contribution in [0.2, 0.25) is 0 Å². The fourth-order valence-corrected chi connectivity index (χ4v) is 4.28. The summed E-state index contributed by atoms with van der Waals surface area (Å²) in [6, 6.07) is 15.4. The molecule has 1 fully saturated rings. The van der Waals surface area contributed by atoms with Crippen molar-refractivity contribution in [2.75, 3.05) is 7.11 Å². The van der Waals surface area contributed by atoms with Gasteiger partial charge < -0.3 is 4.74 Å². The quantitative estimate of drug-likeness (QED) is 0.482.